The van der Waals surface area contributed by atoms with Gasteiger partial charge in [0.05, 0.1) is 12.6 Å². The minimum Gasteiger partial charge on any atom is -0.481 e. The van der Waals surface area contributed by atoms with Gasteiger partial charge in [-0.3, -0.25) is 14.5 Å². The van der Waals surface area contributed by atoms with Gasteiger partial charge in [-0.1, -0.05) is 42.8 Å². The predicted molar refractivity (Wildman–Crippen MR) is 147 cm³/mol. The molecule has 1 saturated heterocycles. The van der Waals surface area contributed by atoms with Crippen molar-refractivity contribution in [1.29, 1.82) is 0 Å². The van der Waals surface area contributed by atoms with Gasteiger partial charge in [0.15, 0.2) is 6.10 Å². The van der Waals surface area contributed by atoms with Gasteiger partial charge in [0, 0.05) is 52.3 Å². The van der Waals surface area contributed by atoms with Crippen LogP contribution in [0.25, 0.3) is 0 Å². The summed E-state index contributed by atoms with van der Waals surface area (Å²) in [6.07, 6.45) is 2.90. The topological polar surface area (TPSA) is 62.3 Å². The molecule has 2 amide bonds. The molecule has 0 N–H and O–H groups in total. The van der Waals surface area contributed by atoms with Gasteiger partial charge in [-0.2, -0.15) is 0 Å². The van der Waals surface area contributed by atoms with Gasteiger partial charge in [-0.05, 0) is 61.4 Å². The number of hydrogen-bond acceptors (Lipinski definition) is 5. The zero-order chi connectivity index (χ0) is 26.6. The van der Waals surface area contributed by atoms with E-state index in [1.165, 1.54) is 11.1 Å². The summed E-state index contributed by atoms with van der Waals surface area (Å²) in [6, 6.07) is 14.5. The van der Waals surface area contributed by atoms with Crippen molar-refractivity contribution in [2.75, 3.05) is 53.0 Å². The van der Waals surface area contributed by atoms with E-state index < -0.39 is 6.10 Å². The highest BCUT2D eigenvalue weighted by Crippen LogP contribution is 2.41. The zero-order valence-corrected chi connectivity index (χ0v) is 23.0. The molecule has 7 nitrogen and oxygen atoms in total. The number of hydrogen-bond donors (Lipinski definition) is 0. The number of fused-ring (bicyclic) bond motifs is 1. The number of rotatable bonds is 9. The van der Waals surface area contributed by atoms with Gasteiger partial charge >= 0.3 is 0 Å². The molecule has 0 radical (unpaired) electrons. The first-order valence-electron chi connectivity index (χ1n) is 14.1. The number of piperazine rings is 1. The van der Waals surface area contributed by atoms with Crippen molar-refractivity contribution in [2.45, 2.75) is 51.7 Å². The molecule has 1 aliphatic carbocycles. The van der Waals surface area contributed by atoms with E-state index in [1.807, 2.05) is 17.9 Å². The Balaban J connectivity index is 1.35. The van der Waals surface area contributed by atoms with Crippen LogP contribution in [0.1, 0.15) is 54.5 Å². The van der Waals surface area contributed by atoms with Crippen LogP contribution in [-0.4, -0.2) is 85.6 Å². The summed E-state index contributed by atoms with van der Waals surface area (Å²) in [5.74, 6) is 1.18. The number of amides is 2. The van der Waals surface area contributed by atoms with E-state index in [1.54, 1.807) is 7.11 Å². The van der Waals surface area contributed by atoms with E-state index in [0.29, 0.717) is 31.9 Å². The predicted octanol–water partition coefficient (Wildman–Crippen LogP) is 3.83. The van der Waals surface area contributed by atoms with E-state index in [4.69, 9.17) is 9.47 Å². The molecule has 0 bridgehead atoms. The van der Waals surface area contributed by atoms with Crippen LogP contribution < -0.4 is 4.74 Å². The van der Waals surface area contributed by atoms with Gasteiger partial charge in [0.25, 0.3) is 5.91 Å². The SMILES string of the molecule is CC[C@@H](Oc1ccc2c(c1)[C@@H](c1cccc(C)c1)N(C(=O)C1CC1)CC2)C(=O)N1CCN(CCOC)CC1. The molecule has 7 heteroatoms. The largest absolute Gasteiger partial charge is 0.481 e. The van der Waals surface area contributed by atoms with Gasteiger partial charge in [-0.25, -0.2) is 0 Å². The van der Waals surface area contributed by atoms with Crippen molar-refractivity contribution in [3.8, 4) is 5.75 Å². The molecule has 5 rings (SSSR count). The molecular weight excluding hydrogens is 478 g/mol. The van der Waals surface area contributed by atoms with Crippen molar-refractivity contribution < 1.29 is 19.1 Å². The second kappa shape index (κ2) is 11.9. The molecule has 0 spiro atoms. The van der Waals surface area contributed by atoms with E-state index >= 15 is 0 Å². The maximum Gasteiger partial charge on any atom is 0.263 e. The summed E-state index contributed by atoms with van der Waals surface area (Å²) in [5.41, 5.74) is 4.67. The highest BCUT2D eigenvalue weighted by Gasteiger charge is 2.40. The average Bonchev–Trinajstić information content (AvgIpc) is 3.79. The van der Waals surface area contributed by atoms with E-state index in [0.717, 1.165) is 56.6 Å². The van der Waals surface area contributed by atoms with E-state index in [-0.39, 0.29) is 23.8 Å². The fraction of sp³-hybridized carbons (Fsp3) is 0.548. The standard InChI is InChI=1S/C31H41N3O4/c1-4-28(31(36)33-16-14-32(15-17-33)18-19-37-3)38-26-11-10-23-12-13-34(30(35)24-8-9-24)29(27(23)21-26)25-7-5-6-22(2)20-25/h5-7,10-11,20-21,24,28-29H,4,8-9,12-19H2,1-3H3/t28-,29-/m1/s1. The molecule has 2 aromatic rings. The lowest BCUT2D eigenvalue weighted by molar-refractivity contribution is -0.140. The highest BCUT2D eigenvalue weighted by atomic mass is 16.5. The van der Waals surface area contributed by atoms with Crippen molar-refractivity contribution >= 4 is 11.8 Å². The second-order valence-corrected chi connectivity index (χ2v) is 10.9. The number of carbonyl (C=O) groups is 2. The fourth-order valence-electron chi connectivity index (χ4n) is 5.76. The van der Waals surface area contributed by atoms with Crippen molar-refractivity contribution in [3.05, 3.63) is 64.7 Å². The maximum absolute atomic E-state index is 13.4. The Bertz CT molecular complexity index is 1140. The molecule has 0 unspecified atom stereocenters. The first-order valence-corrected chi connectivity index (χ1v) is 14.1. The van der Waals surface area contributed by atoms with Crippen LogP contribution in [0.2, 0.25) is 0 Å². The normalized spacial score (nSPS) is 20.7. The molecule has 3 aliphatic rings. The van der Waals surface area contributed by atoms with Crippen molar-refractivity contribution in [2.24, 2.45) is 5.92 Å². The Morgan fingerprint density at radius 2 is 1.82 bits per heavy atom. The van der Waals surface area contributed by atoms with Crippen LogP contribution in [0.4, 0.5) is 0 Å². The van der Waals surface area contributed by atoms with Crippen LogP contribution >= 0.6 is 0 Å². The summed E-state index contributed by atoms with van der Waals surface area (Å²) in [7, 11) is 1.72. The number of ether oxygens (including phenoxy) is 2. The lowest BCUT2D eigenvalue weighted by atomic mass is 9.87. The second-order valence-electron chi connectivity index (χ2n) is 10.9. The lowest BCUT2D eigenvalue weighted by Crippen LogP contribution is -2.52. The zero-order valence-electron chi connectivity index (χ0n) is 23.0. The minimum atomic E-state index is -0.524. The Morgan fingerprint density at radius 3 is 2.50 bits per heavy atom. The molecule has 2 aliphatic heterocycles. The van der Waals surface area contributed by atoms with Crippen molar-refractivity contribution in [3.63, 3.8) is 0 Å². The Kier molecular flexibility index (Phi) is 8.34. The molecule has 2 fully saturated rings. The highest BCUT2D eigenvalue weighted by molar-refractivity contribution is 5.83. The maximum atomic E-state index is 13.4. The molecule has 204 valence electrons. The lowest BCUT2D eigenvalue weighted by Gasteiger charge is -2.38. The molecule has 1 saturated carbocycles. The Labute approximate surface area is 226 Å². The average molecular weight is 520 g/mol. The van der Waals surface area contributed by atoms with Crippen LogP contribution in [0.5, 0.6) is 5.75 Å². The van der Waals surface area contributed by atoms with Gasteiger partial charge < -0.3 is 19.3 Å². The third kappa shape index (κ3) is 5.89. The van der Waals surface area contributed by atoms with E-state index in [2.05, 4.69) is 53.1 Å². The number of carbonyl (C=O) groups excluding carboxylic acids is 2. The number of aryl methyl sites for hydroxylation is 1. The van der Waals surface area contributed by atoms with Gasteiger partial charge in [0.2, 0.25) is 5.91 Å². The molecule has 0 aromatic heterocycles. The number of methoxy groups -OCH3 is 1. The molecule has 38 heavy (non-hydrogen) atoms. The minimum absolute atomic E-state index is 0.0531. The first-order chi connectivity index (χ1) is 18.5. The third-order valence-electron chi connectivity index (χ3n) is 8.13. The van der Waals surface area contributed by atoms with Crippen LogP contribution in [0, 0.1) is 12.8 Å². The number of benzene rings is 2. The van der Waals surface area contributed by atoms with E-state index in [9.17, 15) is 9.59 Å². The summed E-state index contributed by atoms with van der Waals surface area (Å²) in [4.78, 5) is 33.1. The first kappa shape index (κ1) is 26.7. The summed E-state index contributed by atoms with van der Waals surface area (Å²) in [6.45, 7) is 9.55. The summed E-state index contributed by atoms with van der Waals surface area (Å²) < 4.78 is 11.6. The Morgan fingerprint density at radius 1 is 1.03 bits per heavy atom. The van der Waals surface area contributed by atoms with Crippen LogP contribution in [-0.2, 0) is 20.7 Å². The quantitative estimate of drug-likeness (QED) is 0.504. The van der Waals surface area contributed by atoms with Crippen LogP contribution in [0.15, 0.2) is 42.5 Å². The van der Waals surface area contributed by atoms with Gasteiger partial charge in [-0.15, -0.1) is 0 Å². The molecule has 2 aromatic carbocycles. The molecular formula is C31H41N3O4. The van der Waals surface area contributed by atoms with Crippen molar-refractivity contribution in [1.82, 2.24) is 14.7 Å². The molecule has 2 heterocycles. The Hall–Kier alpha value is -2.90. The third-order valence-corrected chi connectivity index (χ3v) is 8.13. The monoisotopic (exact) mass is 519 g/mol. The molecule has 2 atom stereocenters. The number of nitrogens with zero attached hydrogens (tertiary/aromatic N) is 3. The smallest absolute Gasteiger partial charge is 0.263 e. The fourth-order valence-corrected chi connectivity index (χ4v) is 5.76. The van der Waals surface area contributed by atoms with Crippen LogP contribution in [0.3, 0.4) is 0 Å². The summed E-state index contributed by atoms with van der Waals surface area (Å²) >= 11 is 0. The van der Waals surface area contributed by atoms with Gasteiger partial charge in [0.1, 0.15) is 5.75 Å². The summed E-state index contributed by atoms with van der Waals surface area (Å²) in [5, 5.41) is 0.